The van der Waals surface area contributed by atoms with Crippen molar-refractivity contribution in [2.45, 2.75) is 44.8 Å². The zero-order valence-electron chi connectivity index (χ0n) is 11.2. The number of amides is 1. The Labute approximate surface area is 112 Å². The molecule has 0 radical (unpaired) electrons. The van der Waals surface area contributed by atoms with E-state index in [0.29, 0.717) is 12.5 Å². The molecule has 0 aromatic carbocycles. The van der Waals surface area contributed by atoms with Gasteiger partial charge in [0.1, 0.15) is 18.3 Å². The number of nitrogens with zero attached hydrogens (tertiary/aromatic N) is 3. The predicted octanol–water partition coefficient (Wildman–Crippen LogP) is 1.28. The average Bonchev–Trinajstić information content (AvgIpc) is 3.09. The van der Waals surface area contributed by atoms with Gasteiger partial charge in [0.25, 0.3) is 5.91 Å². The smallest absolute Gasteiger partial charge is 0.252 e. The van der Waals surface area contributed by atoms with Crippen LogP contribution in [-0.2, 0) is 9.53 Å². The number of H-pyrrole nitrogens is 1. The molecule has 2 fully saturated rings. The standard InChI is InChI=1S/C13H20N4O2/c1-9-5-7-19-11(9)13(18)17-6-3-2-4-10(17)12-14-8-15-16-12/h8-11H,2-7H2,1H3,(H,14,15,16)/t9-,10-,11-/m1/s1. The maximum Gasteiger partial charge on any atom is 0.252 e. The zero-order valence-corrected chi connectivity index (χ0v) is 11.2. The van der Waals surface area contributed by atoms with E-state index in [1.54, 1.807) is 0 Å². The van der Waals surface area contributed by atoms with E-state index in [1.807, 2.05) is 4.90 Å². The first-order chi connectivity index (χ1) is 9.27. The predicted molar refractivity (Wildman–Crippen MR) is 68.2 cm³/mol. The Kier molecular flexibility index (Phi) is 3.50. The monoisotopic (exact) mass is 264 g/mol. The molecule has 1 N–H and O–H groups in total. The maximum atomic E-state index is 12.7. The second-order valence-electron chi connectivity index (χ2n) is 5.47. The molecule has 3 rings (SSSR count). The molecule has 0 bridgehead atoms. The third-order valence-corrected chi connectivity index (χ3v) is 4.17. The summed E-state index contributed by atoms with van der Waals surface area (Å²) in [4.78, 5) is 18.8. The third-order valence-electron chi connectivity index (χ3n) is 4.17. The number of rotatable bonds is 2. The van der Waals surface area contributed by atoms with E-state index in [-0.39, 0.29) is 18.1 Å². The lowest BCUT2D eigenvalue weighted by molar-refractivity contribution is -0.146. The van der Waals surface area contributed by atoms with Gasteiger partial charge in [-0.15, -0.1) is 0 Å². The van der Waals surface area contributed by atoms with Crippen LogP contribution in [0.4, 0.5) is 0 Å². The van der Waals surface area contributed by atoms with Crippen LogP contribution < -0.4 is 0 Å². The number of hydrogen-bond acceptors (Lipinski definition) is 4. The van der Waals surface area contributed by atoms with E-state index in [1.165, 1.54) is 6.33 Å². The van der Waals surface area contributed by atoms with Gasteiger partial charge in [0, 0.05) is 13.2 Å². The van der Waals surface area contributed by atoms with Crippen molar-refractivity contribution in [2.24, 2.45) is 5.92 Å². The second-order valence-corrected chi connectivity index (χ2v) is 5.47. The number of carbonyl (C=O) groups excluding carboxylic acids is 1. The molecule has 0 aliphatic carbocycles. The molecule has 0 saturated carbocycles. The van der Waals surface area contributed by atoms with E-state index >= 15 is 0 Å². The van der Waals surface area contributed by atoms with Crippen LogP contribution in [0.25, 0.3) is 0 Å². The number of hydrogen-bond donors (Lipinski definition) is 1. The summed E-state index contributed by atoms with van der Waals surface area (Å²) in [6.45, 7) is 3.57. The highest BCUT2D eigenvalue weighted by molar-refractivity contribution is 5.82. The Balaban J connectivity index is 1.78. The minimum atomic E-state index is -0.275. The third kappa shape index (κ3) is 2.36. The minimum Gasteiger partial charge on any atom is -0.368 e. The van der Waals surface area contributed by atoms with Crippen LogP contribution in [0, 0.1) is 5.92 Å². The fourth-order valence-electron chi connectivity index (χ4n) is 3.03. The number of aromatic amines is 1. The van der Waals surface area contributed by atoms with Crippen molar-refractivity contribution in [1.82, 2.24) is 20.1 Å². The number of ether oxygens (including phenoxy) is 1. The summed E-state index contributed by atoms with van der Waals surface area (Å²) in [7, 11) is 0. The molecule has 0 spiro atoms. The Morgan fingerprint density at radius 2 is 2.37 bits per heavy atom. The highest BCUT2D eigenvalue weighted by Gasteiger charge is 2.38. The molecular formula is C13H20N4O2. The Bertz CT molecular complexity index is 434. The van der Waals surface area contributed by atoms with Crippen LogP contribution in [0.15, 0.2) is 6.33 Å². The lowest BCUT2D eigenvalue weighted by Crippen LogP contribution is -2.45. The van der Waals surface area contributed by atoms with Gasteiger partial charge in [-0.3, -0.25) is 9.89 Å². The molecule has 2 aliphatic rings. The maximum absolute atomic E-state index is 12.7. The van der Waals surface area contributed by atoms with Crippen LogP contribution in [0.5, 0.6) is 0 Å². The Morgan fingerprint density at radius 1 is 1.47 bits per heavy atom. The Morgan fingerprint density at radius 3 is 3.05 bits per heavy atom. The van der Waals surface area contributed by atoms with E-state index in [0.717, 1.165) is 38.1 Å². The summed E-state index contributed by atoms with van der Waals surface area (Å²) >= 11 is 0. The van der Waals surface area contributed by atoms with Crippen LogP contribution in [0.3, 0.4) is 0 Å². The summed E-state index contributed by atoms with van der Waals surface area (Å²) in [6, 6.07) is 0.0279. The van der Waals surface area contributed by atoms with Crippen molar-refractivity contribution in [3.63, 3.8) is 0 Å². The number of likely N-dealkylation sites (tertiary alicyclic amines) is 1. The van der Waals surface area contributed by atoms with E-state index in [2.05, 4.69) is 22.1 Å². The highest BCUT2D eigenvalue weighted by atomic mass is 16.5. The second kappa shape index (κ2) is 5.28. The van der Waals surface area contributed by atoms with Gasteiger partial charge in [0.15, 0.2) is 0 Å². The number of carbonyl (C=O) groups is 1. The molecule has 19 heavy (non-hydrogen) atoms. The summed E-state index contributed by atoms with van der Waals surface area (Å²) in [5.41, 5.74) is 0. The lowest BCUT2D eigenvalue weighted by Gasteiger charge is -2.36. The molecule has 3 heterocycles. The molecule has 0 unspecified atom stereocenters. The normalized spacial score (nSPS) is 31.6. The quantitative estimate of drug-likeness (QED) is 0.873. The van der Waals surface area contributed by atoms with Gasteiger partial charge in [-0.2, -0.15) is 5.10 Å². The van der Waals surface area contributed by atoms with Crippen LogP contribution in [0.1, 0.15) is 44.5 Å². The molecule has 104 valence electrons. The SMILES string of the molecule is C[C@@H]1CCO[C@H]1C(=O)N1CCCC[C@@H]1c1ncn[nH]1. The topological polar surface area (TPSA) is 71.1 Å². The fourth-order valence-corrected chi connectivity index (χ4v) is 3.03. The largest absolute Gasteiger partial charge is 0.368 e. The number of piperidine rings is 1. The summed E-state index contributed by atoms with van der Waals surface area (Å²) < 4.78 is 5.61. The summed E-state index contributed by atoms with van der Waals surface area (Å²) in [5.74, 6) is 1.22. The first-order valence-electron chi connectivity index (χ1n) is 7.04. The molecule has 6 nitrogen and oxygen atoms in total. The van der Waals surface area contributed by atoms with E-state index < -0.39 is 0 Å². The minimum absolute atomic E-state index is 0.0279. The summed E-state index contributed by atoms with van der Waals surface area (Å²) in [6.07, 6.45) is 5.32. The van der Waals surface area contributed by atoms with Crippen molar-refractivity contribution in [2.75, 3.05) is 13.2 Å². The molecule has 1 aromatic heterocycles. The van der Waals surface area contributed by atoms with Gasteiger partial charge in [0.2, 0.25) is 0 Å². The molecule has 3 atom stereocenters. The number of aromatic nitrogens is 3. The van der Waals surface area contributed by atoms with E-state index in [4.69, 9.17) is 4.74 Å². The van der Waals surface area contributed by atoms with Crippen LogP contribution >= 0.6 is 0 Å². The molecule has 1 amide bonds. The zero-order chi connectivity index (χ0) is 13.2. The first kappa shape index (κ1) is 12.6. The van der Waals surface area contributed by atoms with Gasteiger partial charge in [-0.1, -0.05) is 6.92 Å². The molecule has 2 saturated heterocycles. The fraction of sp³-hybridized carbons (Fsp3) is 0.769. The van der Waals surface area contributed by atoms with Crippen molar-refractivity contribution >= 4 is 5.91 Å². The van der Waals surface area contributed by atoms with Crippen LogP contribution in [-0.4, -0.2) is 45.2 Å². The van der Waals surface area contributed by atoms with Crippen molar-refractivity contribution in [1.29, 1.82) is 0 Å². The van der Waals surface area contributed by atoms with Crippen molar-refractivity contribution in [3.8, 4) is 0 Å². The Hall–Kier alpha value is -1.43. The van der Waals surface area contributed by atoms with Crippen molar-refractivity contribution < 1.29 is 9.53 Å². The summed E-state index contributed by atoms with van der Waals surface area (Å²) in [5, 5.41) is 6.80. The van der Waals surface area contributed by atoms with Crippen LogP contribution in [0.2, 0.25) is 0 Å². The molecular weight excluding hydrogens is 244 g/mol. The average molecular weight is 264 g/mol. The van der Waals surface area contributed by atoms with Gasteiger partial charge in [-0.05, 0) is 31.6 Å². The lowest BCUT2D eigenvalue weighted by atomic mass is 9.97. The molecule has 1 aromatic rings. The van der Waals surface area contributed by atoms with Gasteiger partial charge < -0.3 is 9.64 Å². The van der Waals surface area contributed by atoms with E-state index in [9.17, 15) is 4.79 Å². The molecule has 2 aliphatic heterocycles. The molecule has 6 heteroatoms. The van der Waals surface area contributed by atoms with Gasteiger partial charge >= 0.3 is 0 Å². The van der Waals surface area contributed by atoms with Crippen molar-refractivity contribution in [3.05, 3.63) is 12.2 Å². The first-order valence-corrected chi connectivity index (χ1v) is 7.04. The number of nitrogens with one attached hydrogen (secondary N) is 1. The van der Waals surface area contributed by atoms with Gasteiger partial charge in [0.05, 0.1) is 6.04 Å². The van der Waals surface area contributed by atoms with Gasteiger partial charge in [-0.25, -0.2) is 4.98 Å². The highest BCUT2D eigenvalue weighted by Crippen LogP contribution is 2.31.